The molecule has 2 aromatic carbocycles. The highest BCUT2D eigenvalue weighted by molar-refractivity contribution is 7.99. The van der Waals surface area contributed by atoms with Gasteiger partial charge in [-0.1, -0.05) is 53.7 Å². The van der Waals surface area contributed by atoms with Crippen molar-refractivity contribution in [2.75, 3.05) is 6.54 Å². The summed E-state index contributed by atoms with van der Waals surface area (Å²) in [4.78, 5) is 0.143. The van der Waals surface area contributed by atoms with Crippen LogP contribution in [0.3, 0.4) is 0 Å². The highest BCUT2D eigenvalue weighted by Crippen LogP contribution is 2.34. The molecule has 4 rings (SSSR count). The molecule has 4 aromatic rings. The van der Waals surface area contributed by atoms with Crippen LogP contribution in [0.2, 0.25) is 5.02 Å². The van der Waals surface area contributed by atoms with Crippen molar-refractivity contribution >= 4 is 39.6 Å². The summed E-state index contributed by atoms with van der Waals surface area (Å²) < 4.78 is 34.9. The highest BCUT2D eigenvalue weighted by atomic mass is 35.5. The van der Waals surface area contributed by atoms with Gasteiger partial charge in [0, 0.05) is 11.6 Å². The maximum Gasteiger partial charge on any atom is 0.240 e. The first kappa shape index (κ1) is 22.3. The molecule has 8 nitrogen and oxygen atoms in total. The van der Waals surface area contributed by atoms with Gasteiger partial charge in [-0.2, -0.15) is 9.78 Å². The molecular weight excluding hydrogens is 470 g/mol. The van der Waals surface area contributed by atoms with Gasteiger partial charge in [0.2, 0.25) is 15.2 Å². The van der Waals surface area contributed by atoms with Gasteiger partial charge in [-0.15, -0.1) is 10.2 Å². The number of halogens is 1. The van der Waals surface area contributed by atoms with Crippen LogP contribution in [0.5, 0.6) is 0 Å². The minimum absolute atomic E-state index is 0.133. The lowest BCUT2D eigenvalue weighted by atomic mass is 10.1. The number of rotatable bonds is 9. The summed E-state index contributed by atoms with van der Waals surface area (Å²) in [5, 5.41) is 13.1. The quantitative estimate of drug-likeness (QED) is 0.280. The number of benzene rings is 2. The zero-order valence-corrected chi connectivity index (χ0v) is 19.0. The summed E-state index contributed by atoms with van der Waals surface area (Å²) in [5.41, 5.74) is 0.931. The molecule has 0 unspecified atom stereocenters. The van der Waals surface area contributed by atoms with E-state index in [9.17, 15) is 8.42 Å². The minimum atomic E-state index is -3.72. The molecule has 1 atom stereocenters. The number of aromatic nitrogens is 3. The monoisotopic (exact) mass is 487 g/mol. The van der Waals surface area contributed by atoms with Gasteiger partial charge in [0.25, 0.3) is 0 Å². The predicted octanol–water partition coefficient (Wildman–Crippen LogP) is 4.22. The van der Waals surface area contributed by atoms with Gasteiger partial charge >= 0.3 is 0 Å². The standard InChI is InChI=1S/C21H18ClN5O3S2/c22-17-8-10-19(11-9-17)32(28,29)25-14-20(16-5-2-1-3-6-16)31-21-26-23-15-27(21)24-13-18-7-4-12-30-18/h1-13,15,20,25H,14H2/b24-13-/t20-/m0/s1. The lowest BCUT2D eigenvalue weighted by Gasteiger charge is -2.17. The third kappa shape index (κ3) is 5.65. The van der Waals surface area contributed by atoms with E-state index in [2.05, 4.69) is 20.0 Å². The third-order valence-electron chi connectivity index (χ3n) is 4.35. The molecular formula is C21H18ClN5O3S2. The Bertz CT molecular complexity index is 1270. The zero-order chi connectivity index (χ0) is 22.4. The van der Waals surface area contributed by atoms with Crippen molar-refractivity contribution in [1.29, 1.82) is 0 Å². The number of thioether (sulfide) groups is 1. The van der Waals surface area contributed by atoms with E-state index in [1.807, 2.05) is 30.3 Å². The van der Waals surface area contributed by atoms with Crippen LogP contribution in [0.4, 0.5) is 0 Å². The van der Waals surface area contributed by atoms with Crippen LogP contribution >= 0.6 is 23.4 Å². The molecule has 32 heavy (non-hydrogen) atoms. The molecule has 164 valence electrons. The zero-order valence-electron chi connectivity index (χ0n) is 16.6. The number of nitrogens with one attached hydrogen (secondary N) is 1. The molecule has 0 saturated carbocycles. The van der Waals surface area contributed by atoms with E-state index in [0.717, 1.165) is 5.56 Å². The largest absolute Gasteiger partial charge is 0.463 e. The second-order valence-corrected chi connectivity index (χ2v) is 9.91. The Hall–Kier alpha value is -2.92. The Morgan fingerprint density at radius 3 is 2.62 bits per heavy atom. The van der Waals surface area contributed by atoms with E-state index in [1.54, 1.807) is 36.7 Å². The highest BCUT2D eigenvalue weighted by Gasteiger charge is 2.21. The van der Waals surface area contributed by atoms with Crippen LogP contribution in [-0.2, 0) is 10.0 Å². The second-order valence-electron chi connectivity index (χ2n) is 6.54. The Labute approximate surface area is 194 Å². The molecule has 0 saturated heterocycles. The summed E-state index contributed by atoms with van der Waals surface area (Å²) in [5.74, 6) is 0.588. The van der Waals surface area contributed by atoms with Crippen molar-refractivity contribution in [3.63, 3.8) is 0 Å². The van der Waals surface area contributed by atoms with E-state index in [0.29, 0.717) is 15.9 Å². The average Bonchev–Trinajstić information content (AvgIpc) is 3.48. The van der Waals surface area contributed by atoms with Gasteiger partial charge in [0.05, 0.1) is 22.6 Å². The molecule has 2 aromatic heterocycles. The van der Waals surface area contributed by atoms with Crippen LogP contribution in [-0.4, -0.2) is 36.1 Å². The summed E-state index contributed by atoms with van der Waals surface area (Å²) in [7, 11) is -3.72. The van der Waals surface area contributed by atoms with Crippen molar-refractivity contribution in [2.24, 2.45) is 5.10 Å². The van der Waals surface area contributed by atoms with Crippen LogP contribution < -0.4 is 4.72 Å². The number of nitrogens with zero attached hydrogens (tertiary/aromatic N) is 4. The third-order valence-corrected chi connectivity index (χ3v) is 7.25. The lowest BCUT2D eigenvalue weighted by molar-refractivity contribution is 0.559. The fourth-order valence-electron chi connectivity index (χ4n) is 2.76. The normalized spacial score (nSPS) is 12.9. The Morgan fingerprint density at radius 1 is 1.12 bits per heavy atom. The van der Waals surface area contributed by atoms with Crippen molar-refractivity contribution in [1.82, 2.24) is 19.6 Å². The summed E-state index contributed by atoms with van der Waals surface area (Å²) in [6, 6.07) is 19.1. The fraction of sp³-hybridized carbons (Fsp3) is 0.0952. The van der Waals surface area contributed by atoms with Crippen molar-refractivity contribution in [3.8, 4) is 0 Å². The van der Waals surface area contributed by atoms with Gasteiger partial charge in [-0.25, -0.2) is 13.1 Å². The first-order valence-corrected chi connectivity index (χ1v) is 12.2. The van der Waals surface area contributed by atoms with Crippen LogP contribution in [0.1, 0.15) is 16.6 Å². The van der Waals surface area contributed by atoms with Crippen LogP contribution in [0, 0.1) is 0 Å². The number of furan rings is 1. The molecule has 0 aliphatic heterocycles. The Kier molecular flexibility index (Phi) is 7.05. The van der Waals surface area contributed by atoms with E-state index in [4.69, 9.17) is 16.0 Å². The molecule has 0 bridgehead atoms. The summed E-state index contributed by atoms with van der Waals surface area (Å²) >= 11 is 7.22. The van der Waals surface area contributed by atoms with Crippen molar-refractivity contribution in [2.45, 2.75) is 15.3 Å². The topological polar surface area (TPSA) is 102 Å². The Morgan fingerprint density at radius 2 is 1.91 bits per heavy atom. The molecule has 2 heterocycles. The molecule has 0 amide bonds. The predicted molar refractivity (Wildman–Crippen MR) is 123 cm³/mol. The molecule has 0 fully saturated rings. The van der Waals surface area contributed by atoms with Gasteiger partial charge in [-0.05, 0) is 42.0 Å². The second kappa shape index (κ2) is 10.1. The minimum Gasteiger partial charge on any atom is -0.463 e. The first-order chi connectivity index (χ1) is 15.5. The molecule has 0 aliphatic rings. The van der Waals surface area contributed by atoms with Crippen LogP contribution in [0.25, 0.3) is 0 Å². The number of sulfonamides is 1. The van der Waals surface area contributed by atoms with Crippen molar-refractivity contribution in [3.05, 3.63) is 95.7 Å². The van der Waals surface area contributed by atoms with Gasteiger partial charge in [-0.3, -0.25) is 0 Å². The molecule has 1 N–H and O–H groups in total. The number of hydrogen-bond donors (Lipinski definition) is 1. The van der Waals surface area contributed by atoms with Crippen LogP contribution in [0.15, 0.2) is 98.9 Å². The molecule has 0 radical (unpaired) electrons. The average molecular weight is 488 g/mol. The molecule has 0 spiro atoms. The maximum atomic E-state index is 12.8. The van der Waals surface area contributed by atoms with Gasteiger partial charge in [0.15, 0.2) is 0 Å². The first-order valence-electron chi connectivity index (χ1n) is 9.46. The summed E-state index contributed by atoms with van der Waals surface area (Å²) in [6.07, 6.45) is 4.58. The SMILES string of the molecule is O=S(=O)(NC[C@H](Sc1nncn1/N=C\c1ccco1)c1ccccc1)c1ccc(Cl)cc1. The van der Waals surface area contributed by atoms with Gasteiger partial charge < -0.3 is 4.42 Å². The molecule has 11 heteroatoms. The summed E-state index contributed by atoms with van der Waals surface area (Å²) in [6.45, 7) is 0.133. The van der Waals surface area contributed by atoms with Crippen molar-refractivity contribution < 1.29 is 12.8 Å². The number of hydrogen-bond acceptors (Lipinski definition) is 7. The smallest absolute Gasteiger partial charge is 0.240 e. The molecule has 0 aliphatic carbocycles. The van der Waals surface area contributed by atoms with E-state index >= 15 is 0 Å². The Balaban J connectivity index is 1.54. The van der Waals surface area contributed by atoms with E-state index in [-0.39, 0.29) is 16.7 Å². The lowest BCUT2D eigenvalue weighted by Crippen LogP contribution is -2.27. The van der Waals surface area contributed by atoms with E-state index < -0.39 is 10.0 Å². The van der Waals surface area contributed by atoms with Gasteiger partial charge in [0.1, 0.15) is 12.1 Å². The maximum absolute atomic E-state index is 12.8. The van der Waals surface area contributed by atoms with E-state index in [1.165, 1.54) is 34.9 Å². The fourth-order valence-corrected chi connectivity index (χ4v) is 5.05.